The zero-order valence-electron chi connectivity index (χ0n) is 13.3. The maximum absolute atomic E-state index is 12.9. The molecule has 1 heterocycles. The third kappa shape index (κ3) is 3.42. The molecule has 0 aromatic heterocycles. The first-order chi connectivity index (χ1) is 10.2. The van der Waals surface area contributed by atoms with Gasteiger partial charge >= 0.3 is 0 Å². The van der Waals surface area contributed by atoms with Crippen molar-refractivity contribution in [2.75, 3.05) is 19.7 Å². The minimum absolute atomic E-state index is 0.173. The Bertz CT molecular complexity index is 364. The van der Waals surface area contributed by atoms with Crippen molar-refractivity contribution in [3.63, 3.8) is 0 Å². The molecule has 0 bridgehead atoms. The van der Waals surface area contributed by atoms with Gasteiger partial charge in [-0.3, -0.25) is 9.69 Å². The Balaban J connectivity index is 1.63. The summed E-state index contributed by atoms with van der Waals surface area (Å²) < 4.78 is 0. The van der Waals surface area contributed by atoms with Crippen molar-refractivity contribution in [1.82, 2.24) is 9.80 Å². The quantitative estimate of drug-likeness (QED) is 0.843. The van der Waals surface area contributed by atoms with Crippen LogP contribution in [0.25, 0.3) is 0 Å². The third-order valence-corrected chi connectivity index (χ3v) is 5.70. The molecule has 4 nitrogen and oxygen atoms in total. The smallest absolute Gasteiger partial charge is 0.237 e. The number of likely N-dealkylation sites (tertiary alicyclic amines) is 1. The van der Waals surface area contributed by atoms with Crippen molar-refractivity contribution in [1.29, 1.82) is 0 Å². The fourth-order valence-corrected chi connectivity index (χ4v) is 4.32. The molecule has 2 atom stereocenters. The Kier molecular flexibility index (Phi) is 4.85. The maximum atomic E-state index is 12.9. The van der Waals surface area contributed by atoms with Gasteiger partial charge in [0, 0.05) is 18.1 Å². The number of nitrogens with zero attached hydrogens (tertiary/aromatic N) is 2. The second-order valence-electron chi connectivity index (χ2n) is 7.31. The highest BCUT2D eigenvalue weighted by atomic mass is 16.3. The molecule has 0 spiro atoms. The van der Waals surface area contributed by atoms with Crippen LogP contribution < -0.4 is 0 Å². The largest absolute Gasteiger partial charge is 0.395 e. The molecule has 120 valence electrons. The van der Waals surface area contributed by atoms with E-state index in [4.69, 9.17) is 0 Å². The molecule has 2 aliphatic carbocycles. The SMILES string of the molecule is CC1CCCN(CC(=O)N(C2CCCC2)C2CC2)C1CO. The Morgan fingerprint density at radius 1 is 1.10 bits per heavy atom. The van der Waals surface area contributed by atoms with Gasteiger partial charge in [-0.2, -0.15) is 0 Å². The van der Waals surface area contributed by atoms with Gasteiger partial charge in [0.2, 0.25) is 5.91 Å². The molecule has 3 aliphatic rings. The lowest BCUT2D eigenvalue weighted by atomic mass is 9.91. The first-order valence-corrected chi connectivity index (χ1v) is 8.86. The average molecular weight is 294 g/mol. The van der Waals surface area contributed by atoms with Crippen molar-refractivity contribution in [2.45, 2.75) is 76.4 Å². The summed E-state index contributed by atoms with van der Waals surface area (Å²) in [6.07, 6.45) is 9.67. The van der Waals surface area contributed by atoms with E-state index in [1.165, 1.54) is 44.9 Å². The molecule has 0 radical (unpaired) electrons. The predicted molar refractivity (Wildman–Crippen MR) is 83.0 cm³/mol. The van der Waals surface area contributed by atoms with Crippen molar-refractivity contribution in [3.05, 3.63) is 0 Å². The fourth-order valence-electron chi connectivity index (χ4n) is 4.32. The zero-order valence-corrected chi connectivity index (χ0v) is 13.3. The van der Waals surface area contributed by atoms with E-state index in [2.05, 4.69) is 16.7 Å². The van der Waals surface area contributed by atoms with Crippen LogP contribution in [0.4, 0.5) is 0 Å². The Labute approximate surface area is 128 Å². The second-order valence-corrected chi connectivity index (χ2v) is 7.31. The molecule has 0 aromatic rings. The molecule has 3 rings (SSSR count). The van der Waals surface area contributed by atoms with Gasteiger partial charge in [0.1, 0.15) is 0 Å². The number of piperidine rings is 1. The van der Waals surface area contributed by atoms with Crippen LogP contribution >= 0.6 is 0 Å². The summed E-state index contributed by atoms with van der Waals surface area (Å²) in [4.78, 5) is 17.3. The summed E-state index contributed by atoms with van der Waals surface area (Å²) in [6, 6.07) is 1.20. The van der Waals surface area contributed by atoms with E-state index in [0.717, 1.165) is 13.0 Å². The molecule has 1 amide bonds. The first-order valence-electron chi connectivity index (χ1n) is 8.86. The highest BCUT2D eigenvalue weighted by molar-refractivity contribution is 5.79. The fraction of sp³-hybridized carbons (Fsp3) is 0.941. The van der Waals surface area contributed by atoms with Crippen LogP contribution in [0.15, 0.2) is 0 Å². The van der Waals surface area contributed by atoms with E-state index < -0.39 is 0 Å². The van der Waals surface area contributed by atoms with E-state index in [-0.39, 0.29) is 12.6 Å². The molecule has 3 fully saturated rings. The van der Waals surface area contributed by atoms with Crippen LogP contribution in [0.5, 0.6) is 0 Å². The summed E-state index contributed by atoms with van der Waals surface area (Å²) in [5, 5.41) is 9.65. The molecular weight excluding hydrogens is 264 g/mol. The summed E-state index contributed by atoms with van der Waals surface area (Å²) >= 11 is 0. The third-order valence-electron chi connectivity index (χ3n) is 5.70. The lowest BCUT2D eigenvalue weighted by Gasteiger charge is -2.40. The number of rotatable bonds is 5. The van der Waals surface area contributed by atoms with Gasteiger partial charge in [-0.15, -0.1) is 0 Å². The van der Waals surface area contributed by atoms with E-state index in [1.807, 2.05) is 0 Å². The summed E-state index contributed by atoms with van der Waals surface area (Å²) in [5.74, 6) is 0.814. The molecule has 1 aliphatic heterocycles. The van der Waals surface area contributed by atoms with Crippen LogP contribution in [0.1, 0.15) is 58.3 Å². The molecule has 2 unspecified atom stereocenters. The zero-order chi connectivity index (χ0) is 14.8. The second kappa shape index (κ2) is 6.66. The molecule has 1 saturated heterocycles. The standard InChI is InChI=1S/C17H30N2O2/c1-13-5-4-10-18(16(13)12-20)11-17(21)19(15-8-9-15)14-6-2-3-7-14/h13-16,20H,2-12H2,1H3. The van der Waals surface area contributed by atoms with Crippen molar-refractivity contribution >= 4 is 5.91 Å². The highest BCUT2D eigenvalue weighted by Gasteiger charge is 2.39. The predicted octanol–water partition coefficient (Wildman–Crippen LogP) is 2.01. The lowest BCUT2D eigenvalue weighted by Crippen LogP contribution is -2.52. The maximum Gasteiger partial charge on any atom is 0.237 e. The van der Waals surface area contributed by atoms with E-state index in [9.17, 15) is 9.90 Å². The van der Waals surface area contributed by atoms with Crippen LogP contribution in [0, 0.1) is 5.92 Å². The van der Waals surface area contributed by atoms with Gasteiger partial charge in [-0.05, 0) is 51.0 Å². The number of amides is 1. The van der Waals surface area contributed by atoms with E-state index in [0.29, 0.717) is 30.5 Å². The lowest BCUT2D eigenvalue weighted by molar-refractivity contribution is -0.137. The molecule has 21 heavy (non-hydrogen) atoms. The van der Waals surface area contributed by atoms with Crippen LogP contribution in [0.2, 0.25) is 0 Å². The normalized spacial score (nSPS) is 31.5. The minimum Gasteiger partial charge on any atom is -0.395 e. The van der Waals surface area contributed by atoms with E-state index in [1.54, 1.807) is 0 Å². The van der Waals surface area contributed by atoms with Crippen LogP contribution in [-0.2, 0) is 4.79 Å². The number of aliphatic hydroxyl groups excluding tert-OH is 1. The summed E-state index contributed by atoms with van der Waals surface area (Å²) in [5.41, 5.74) is 0. The van der Waals surface area contributed by atoms with Gasteiger partial charge in [0.25, 0.3) is 0 Å². The van der Waals surface area contributed by atoms with Crippen molar-refractivity contribution in [2.24, 2.45) is 5.92 Å². The molecule has 4 heteroatoms. The number of aliphatic hydroxyl groups is 1. The molecular formula is C17H30N2O2. The Morgan fingerprint density at radius 3 is 2.38 bits per heavy atom. The summed E-state index contributed by atoms with van der Waals surface area (Å²) in [6.45, 7) is 3.86. The monoisotopic (exact) mass is 294 g/mol. The number of carbonyl (C=O) groups excluding carboxylic acids is 1. The number of hydrogen-bond acceptors (Lipinski definition) is 3. The Hall–Kier alpha value is -0.610. The minimum atomic E-state index is 0.173. The number of hydrogen-bond donors (Lipinski definition) is 1. The van der Waals surface area contributed by atoms with Gasteiger partial charge in [-0.25, -0.2) is 0 Å². The van der Waals surface area contributed by atoms with Crippen LogP contribution in [-0.4, -0.2) is 58.6 Å². The van der Waals surface area contributed by atoms with Gasteiger partial charge in [0.05, 0.1) is 13.2 Å². The van der Waals surface area contributed by atoms with Crippen LogP contribution in [0.3, 0.4) is 0 Å². The highest BCUT2D eigenvalue weighted by Crippen LogP contribution is 2.35. The molecule has 2 saturated carbocycles. The van der Waals surface area contributed by atoms with E-state index >= 15 is 0 Å². The Morgan fingerprint density at radius 2 is 1.76 bits per heavy atom. The van der Waals surface area contributed by atoms with Gasteiger partial charge in [0.15, 0.2) is 0 Å². The first kappa shape index (κ1) is 15.3. The molecule has 0 aromatic carbocycles. The van der Waals surface area contributed by atoms with Gasteiger partial charge < -0.3 is 10.0 Å². The molecule has 1 N–H and O–H groups in total. The van der Waals surface area contributed by atoms with Crippen molar-refractivity contribution < 1.29 is 9.90 Å². The van der Waals surface area contributed by atoms with Gasteiger partial charge in [-0.1, -0.05) is 19.8 Å². The van der Waals surface area contributed by atoms with Crippen molar-refractivity contribution in [3.8, 4) is 0 Å². The average Bonchev–Trinajstić information content (AvgIpc) is 3.14. The topological polar surface area (TPSA) is 43.8 Å². The summed E-state index contributed by atoms with van der Waals surface area (Å²) in [7, 11) is 0. The number of carbonyl (C=O) groups is 1.